The van der Waals surface area contributed by atoms with Crippen LogP contribution in [0.2, 0.25) is 0 Å². The molecule has 1 N–H and O–H groups in total. The van der Waals surface area contributed by atoms with Crippen LogP contribution in [0, 0.1) is 5.41 Å². The summed E-state index contributed by atoms with van der Waals surface area (Å²) in [7, 11) is 1.50. The number of amides is 3. The number of nitrogens with zero attached hydrogens (tertiary/aromatic N) is 1. The van der Waals surface area contributed by atoms with E-state index in [2.05, 4.69) is 5.32 Å². The third kappa shape index (κ3) is 1.17. The predicted molar refractivity (Wildman–Crippen MR) is 44.6 cm³/mol. The van der Waals surface area contributed by atoms with Gasteiger partial charge in [0.15, 0.2) is 0 Å². The minimum atomic E-state index is -0.414. The van der Waals surface area contributed by atoms with E-state index in [1.54, 1.807) is 0 Å². The average molecular weight is 170 g/mol. The van der Waals surface area contributed by atoms with E-state index in [-0.39, 0.29) is 11.9 Å². The van der Waals surface area contributed by atoms with E-state index >= 15 is 0 Å². The lowest BCUT2D eigenvalue weighted by Gasteiger charge is -2.36. The van der Waals surface area contributed by atoms with Crippen LogP contribution in [0.1, 0.15) is 20.3 Å². The Morgan fingerprint density at radius 2 is 2.17 bits per heavy atom. The number of carbonyl (C=O) groups is 2. The van der Waals surface area contributed by atoms with E-state index < -0.39 is 5.41 Å². The Hall–Kier alpha value is -1.06. The lowest BCUT2D eigenvalue weighted by Crippen LogP contribution is -2.57. The molecule has 12 heavy (non-hydrogen) atoms. The summed E-state index contributed by atoms with van der Waals surface area (Å²) in [6, 6.07) is -0.300. The minimum absolute atomic E-state index is 0.0891. The van der Waals surface area contributed by atoms with Crippen LogP contribution in [-0.2, 0) is 4.79 Å². The topological polar surface area (TPSA) is 49.4 Å². The van der Waals surface area contributed by atoms with Gasteiger partial charge in [0.25, 0.3) is 0 Å². The zero-order chi connectivity index (χ0) is 9.35. The van der Waals surface area contributed by atoms with Crippen LogP contribution in [0.25, 0.3) is 0 Å². The van der Waals surface area contributed by atoms with Crippen LogP contribution < -0.4 is 5.32 Å². The highest BCUT2D eigenvalue weighted by Gasteiger charge is 2.40. The van der Waals surface area contributed by atoms with Crippen molar-refractivity contribution in [1.29, 1.82) is 0 Å². The molecule has 1 rings (SSSR count). The first-order chi connectivity index (χ1) is 5.51. The first kappa shape index (κ1) is 9.03. The number of imide groups is 1. The van der Waals surface area contributed by atoms with Gasteiger partial charge in [-0.15, -0.1) is 0 Å². The summed E-state index contributed by atoms with van der Waals surface area (Å²) in [6.07, 6.45) is 0.746. The zero-order valence-corrected chi connectivity index (χ0v) is 7.68. The third-order valence-electron chi connectivity index (χ3n) is 2.54. The second kappa shape index (κ2) is 2.77. The molecule has 1 atom stereocenters. The van der Waals surface area contributed by atoms with Crippen LogP contribution in [0.3, 0.4) is 0 Å². The normalized spacial score (nSPS) is 30.4. The molecule has 68 valence electrons. The Kier molecular flexibility index (Phi) is 2.08. The van der Waals surface area contributed by atoms with Gasteiger partial charge in [0, 0.05) is 13.6 Å². The second-order valence-electron chi connectivity index (χ2n) is 3.44. The lowest BCUT2D eigenvalue weighted by molar-refractivity contribution is -0.138. The average Bonchev–Trinajstić information content (AvgIpc) is 2.09. The summed E-state index contributed by atoms with van der Waals surface area (Å²) < 4.78 is 0. The third-order valence-corrected chi connectivity index (χ3v) is 2.54. The maximum absolute atomic E-state index is 11.6. The van der Waals surface area contributed by atoms with Gasteiger partial charge in [-0.1, -0.05) is 6.92 Å². The highest BCUT2D eigenvalue weighted by molar-refractivity contribution is 5.99. The van der Waals surface area contributed by atoms with Gasteiger partial charge in [-0.05, 0) is 13.3 Å². The fourth-order valence-corrected chi connectivity index (χ4v) is 1.24. The molecule has 1 unspecified atom stereocenters. The first-order valence-corrected chi connectivity index (χ1v) is 4.07. The van der Waals surface area contributed by atoms with E-state index in [1.807, 2.05) is 13.8 Å². The van der Waals surface area contributed by atoms with E-state index in [4.69, 9.17) is 0 Å². The number of nitrogens with one attached hydrogen (secondary N) is 1. The Labute approximate surface area is 71.9 Å². The molecular formula is C8H14N2O2. The second-order valence-corrected chi connectivity index (χ2v) is 3.44. The Morgan fingerprint density at radius 3 is 2.67 bits per heavy atom. The number of hydrogen-bond donors (Lipinski definition) is 1. The fourth-order valence-electron chi connectivity index (χ4n) is 1.24. The maximum Gasteiger partial charge on any atom is 0.323 e. The van der Waals surface area contributed by atoms with Crippen LogP contribution >= 0.6 is 0 Å². The van der Waals surface area contributed by atoms with Gasteiger partial charge in [-0.3, -0.25) is 9.69 Å². The van der Waals surface area contributed by atoms with E-state index in [1.165, 1.54) is 7.05 Å². The Balaban J connectivity index is 2.85. The van der Waals surface area contributed by atoms with Gasteiger partial charge in [0.1, 0.15) is 0 Å². The molecule has 4 nitrogen and oxygen atoms in total. The van der Waals surface area contributed by atoms with Crippen molar-refractivity contribution in [2.45, 2.75) is 20.3 Å². The SMILES string of the molecule is CCC1(C)CNC(=O)N(C)C1=O. The maximum atomic E-state index is 11.6. The van der Waals surface area contributed by atoms with Crippen molar-refractivity contribution in [3.05, 3.63) is 0 Å². The smallest absolute Gasteiger partial charge is 0.323 e. The number of rotatable bonds is 1. The van der Waals surface area contributed by atoms with Crippen molar-refractivity contribution < 1.29 is 9.59 Å². The molecule has 0 saturated carbocycles. The fraction of sp³-hybridized carbons (Fsp3) is 0.750. The van der Waals surface area contributed by atoms with Gasteiger partial charge in [-0.25, -0.2) is 4.79 Å². The largest absolute Gasteiger partial charge is 0.337 e. The standard InChI is InChI=1S/C8H14N2O2/c1-4-8(2)5-9-7(12)10(3)6(8)11/h4-5H2,1-3H3,(H,9,12). The molecule has 1 fully saturated rings. The van der Waals surface area contributed by atoms with E-state index in [0.29, 0.717) is 6.54 Å². The molecule has 1 aliphatic heterocycles. The molecule has 1 heterocycles. The molecule has 0 bridgehead atoms. The molecule has 0 spiro atoms. The van der Waals surface area contributed by atoms with Gasteiger partial charge in [-0.2, -0.15) is 0 Å². The van der Waals surface area contributed by atoms with E-state index in [9.17, 15) is 9.59 Å². The Bertz CT molecular complexity index is 227. The van der Waals surface area contributed by atoms with Crippen molar-refractivity contribution >= 4 is 11.9 Å². The predicted octanol–water partition coefficient (Wildman–Crippen LogP) is 0.584. The van der Waals surface area contributed by atoms with Gasteiger partial charge < -0.3 is 5.32 Å². The molecule has 3 amide bonds. The molecule has 1 saturated heterocycles. The molecule has 4 heteroatoms. The monoisotopic (exact) mass is 170 g/mol. The van der Waals surface area contributed by atoms with E-state index in [0.717, 1.165) is 11.3 Å². The van der Waals surface area contributed by atoms with Gasteiger partial charge in [0.2, 0.25) is 5.91 Å². The molecule has 0 aromatic heterocycles. The highest BCUT2D eigenvalue weighted by Crippen LogP contribution is 2.25. The summed E-state index contributed by atoms with van der Waals surface area (Å²) in [6.45, 7) is 4.26. The molecule has 0 aromatic rings. The summed E-state index contributed by atoms with van der Waals surface area (Å²) in [4.78, 5) is 23.7. The molecule has 1 aliphatic rings. The Morgan fingerprint density at radius 1 is 1.58 bits per heavy atom. The van der Waals surface area contributed by atoms with Crippen molar-refractivity contribution in [3.8, 4) is 0 Å². The van der Waals surface area contributed by atoms with Crippen LogP contribution in [0.5, 0.6) is 0 Å². The van der Waals surface area contributed by atoms with Crippen LogP contribution in [0.4, 0.5) is 4.79 Å². The van der Waals surface area contributed by atoms with Gasteiger partial charge >= 0.3 is 6.03 Å². The number of urea groups is 1. The highest BCUT2D eigenvalue weighted by atomic mass is 16.2. The molecule has 0 radical (unpaired) electrons. The summed E-state index contributed by atoms with van der Waals surface area (Å²) >= 11 is 0. The molecule has 0 aromatic carbocycles. The molecule has 0 aliphatic carbocycles. The first-order valence-electron chi connectivity index (χ1n) is 4.07. The summed E-state index contributed by atoms with van der Waals surface area (Å²) in [5.41, 5.74) is -0.414. The van der Waals surface area contributed by atoms with Crippen LogP contribution in [-0.4, -0.2) is 30.4 Å². The number of hydrogen-bond acceptors (Lipinski definition) is 2. The quantitative estimate of drug-likeness (QED) is 0.626. The molecular weight excluding hydrogens is 156 g/mol. The summed E-state index contributed by atoms with van der Waals surface area (Å²) in [5.74, 6) is -0.0891. The lowest BCUT2D eigenvalue weighted by atomic mass is 9.85. The number of carbonyl (C=O) groups excluding carboxylic acids is 2. The zero-order valence-electron chi connectivity index (χ0n) is 7.68. The van der Waals surface area contributed by atoms with Gasteiger partial charge in [0.05, 0.1) is 5.41 Å². The summed E-state index contributed by atoms with van der Waals surface area (Å²) in [5, 5.41) is 2.67. The van der Waals surface area contributed by atoms with Crippen molar-refractivity contribution in [3.63, 3.8) is 0 Å². The van der Waals surface area contributed by atoms with Crippen molar-refractivity contribution in [2.75, 3.05) is 13.6 Å². The minimum Gasteiger partial charge on any atom is -0.337 e. The van der Waals surface area contributed by atoms with Crippen molar-refractivity contribution in [1.82, 2.24) is 10.2 Å². The van der Waals surface area contributed by atoms with Crippen molar-refractivity contribution in [2.24, 2.45) is 5.41 Å². The van der Waals surface area contributed by atoms with Crippen LogP contribution in [0.15, 0.2) is 0 Å².